The predicted molar refractivity (Wildman–Crippen MR) is 86.0 cm³/mol. The zero-order chi connectivity index (χ0) is 14.8. The van der Waals surface area contributed by atoms with E-state index in [4.69, 9.17) is 5.73 Å². The smallest absolute Gasteiger partial charge is 0.224 e. The number of nitrogens with two attached hydrogens (primary N) is 1. The number of anilines is 1. The van der Waals surface area contributed by atoms with Gasteiger partial charge in [0.1, 0.15) is 0 Å². The molecule has 0 bridgehead atoms. The van der Waals surface area contributed by atoms with E-state index in [9.17, 15) is 4.79 Å². The molecule has 21 heavy (non-hydrogen) atoms. The van der Waals surface area contributed by atoms with Crippen molar-refractivity contribution < 1.29 is 4.79 Å². The summed E-state index contributed by atoms with van der Waals surface area (Å²) >= 11 is 3.41. The number of pyridine rings is 1. The van der Waals surface area contributed by atoms with E-state index in [2.05, 4.69) is 32.3 Å². The minimum Gasteiger partial charge on any atom is -0.326 e. The molecule has 3 rings (SSSR count). The van der Waals surface area contributed by atoms with Gasteiger partial charge in [-0.3, -0.25) is 9.78 Å². The molecule has 5 heteroatoms. The molecule has 0 aliphatic carbocycles. The Morgan fingerprint density at radius 3 is 2.86 bits per heavy atom. The Bertz CT molecular complexity index is 687. The summed E-state index contributed by atoms with van der Waals surface area (Å²) < 4.78 is 0.914. The van der Waals surface area contributed by atoms with E-state index in [-0.39, 0.29) is 11.9 Å². The molecule has 4 nitrogen and oxygen atoms in total. The standard InChI is InChI=1S/C16H16BrN3O/c17-13-7-12(8-19-9-13)16(18)11-4-5-14-10(6-11)2-1-3-15(21)20-14/h4-9,16H,1-3,18H2,(H,20,21). The van der Waals surface area contributed by atoms with Crippen LogP contribution in [0.3, 0.4) is 0 Å². The summed E-state index contributed by atoms with van der Waals surface area (Å²) in [4.78, 5) is 15.7. The highest BCUT2D eigenvalue weighted by molar-refractivity contribution is 9.10. The molecule has 0 spiro atoms. The van der Waals surface area contributed by atoms with Crippen molar-refractivity contribution in [1.29, 1.82) is 0 Å². The number of fused-ring (bicyclic) bond motifs is 1. The molecule has 1 aromatic heterocycles. The van der Waals surface area contributed by atoms with Gasteiger partial charge in [0, 0.05) is 29.0 Å². The number of carbonyl (C=O) groups is 1. The summed E-state index contributed by atoms with van der Waals surface area (Å²) in [5.74, 6) is 0.0852. The van der Waals surface area contributed by atoms with Crippen molar-refractivity contribution in [3.8, 4) is 0 Å². The highest BCUT2D eigenvalue weighted by Gasteiger charge is 2.16. The van der Waals surface area contributed by atoms with Crippen molar-refractivity contribution >= 4 is 27.5 Å². The Hall–Kier alpha value is -1.72. The van der Waals surface area contributed by atoms with Crippen LogP contribution in [0, 0.1) is 0 Å². The predicted octanol–water partition coefficient (Wildman–Crippen LogP) is 3.17. The summed E-state index contributed by atoms with van der Waals surface area (Å²) in [6.07, 6.45) is 5.86. The molecule has 1 amide bonds. The van der Waals surface area contributed by atoms with E-state index >= 15 is 0 Å². The van der Waals surface area contributed by atoms with Gasteiger partial charge >= 0.3 is 0 Å². The molecule has 0 saturated carbocycles. The van der Waals surface area contributed by atoms with Gasteiger partial charge in [-0.2, -0.15) is 0 Å². The summed E-state index contributed by atoms with van der Waals surface area (Å²) in [5.41, 5.74) is 10.4. The van der Waals surface area contributed by atoms with Crippen LogP contribution in [0.5, 0.6) is 0 Å². The van der Waals surface area contributed by atoms with Crippen molar-refractivity contribution in [2.45, 2.75) is 25.3 Å². The van der Waals surface area contributed by atoms with Crippen LogP contribution in [-0.2, 0) is 11.2 Å². The maximum atomic E-state index is 11.6. The van der Waals surface area contributed by atoms with Crippen LogP contribution in [0.25, 0.3) is 0 Å². The van der Waals surface area contributed by atoms with Gasteiger partial charge in [-0.1, -0.05) is 12.1 Å². The second-order valence-corrected chi connectivity index (χ2v) is 6.15. The van der Waals surface area contributed by atoms with Gasteiger partial charge in [0.05, 0.1) is 6.04 Å². The Balaban J connectivity index is 1.93. The molecule has 0 fully saturated rings. The summed E-state index contributed by atoms with van der Waals surface area (Å²) in [6.45, 7) is 0. The van der Waals surface area contributed by atoms with E-state index in [0.29, 0.717) is 6.42 Å². The van der Waals surface area contributed by atoms with E-state index < -0.39 is 0 Å². The highest BCUT2D eigenvalue weighted by Crippen LogP contribution is 2.28. The molecule has 2 aromatic rings. The van der Waals surface area contributed by atoms with Gasteiger partial charge in [0.15, 0.2) is 0 Å². The molecular weight excluding hydrogens is 330 g/mol. The minimum absolute atomic E-state index is 0.0852. The number of nitrogens with one attached hydrogen (secondary N) is 1. The third kappa shape index (κ3) is 3.14. The van der Waals surface area contributed by atoms with Gasteiger partial charge < -0.3 is 11.1 Å². The number of hydrogen-bond donors (Lipinski definition) is 2. The van der Waals surface area contributed by atoms with Crippen molar-refractivity contribution in [2.75, 3.05) is 5.32 Å². The monoisotopic (exact) mass is 345 g/mol. The van der Waals surface area contributed by atoms with Crippen LogP contribution >= 0.6 is 15.9 Å². The van der Waals surface area contributed by atoms with Crippen molar-refractivity contribution in [2.24, 2.45) is 5.73 Å². The van der Waals surface area contributed by atoms with E-state index in [1.54, 1.807) is 12.4 Å². The van der Waals surface area contributed by atoms with Crippen LogP contribution in [-0.4, -0.2) is 10.9 Å². The van der Waals surface area contributed by atoms with Gasteiger partial charge in [0.25, 0.3) is 0 Å². The third-order valence-electron chi connectivity index (χ3n) is 3.70. The van der Waals surface area contributed by atoms with Crippen LogP contribution in [0.1, 0.15) is 35.6 Å². The van der Waals surface area contributed by atoms with Gasteiger partial charge in [-0.05, 0) is 57.6 Å². The van der Waals surface area contributed by atoms with Crippen molar-refractivity contribution in [3.63, 3.8) is 0 Å². The van der Waals surface area contributed by atoms with Crippen LogP contribution in [0.15, 0.2) is 41.1 Å². The van der Waals surface area contributed by atoms with Crippen LogP contribution in [0.2, 0.25) is 0 Å². The first-order chi connectivity index (χ1) is 10.1. The molecule has 1 atom stereocenters. The zero-order valence-electron chi connectivity index (χ0n) is 11.5. The Morgan fingerprint density at radius 1 is 1.19 bits per heavy atom. The maximum absolute atomic E-state index is 11.6. The fraction of sp³-hybridized carbons (Fsp3) is 0.250. The third-order valence-corrected chi connectivity index (χ3v) is 4.13. The average Bonchev–Trinajstić information content (AvgIpc) is 2.66. The first kappa shape index (κ1) is 14.2. The molecular formula is C16H16BrN3O. The second kappa shape index (κ2) is 5.95. The largest absolute Gasteiger partial charge is 0.326 e. The lowest BCUT2D eigenvalue weighted by Crippen LogP contribution is -2.13. The number of carbonyl (C=O) groups excluding carboxylic acids is 1. The number of benzene rings is 1. The molecule has 3 N–H and O–H groups in total. The Morgan fingerprint density at radius 2 is 2.05 bits per heavy atom. The Labute approximate surface area is 131 Å². The van der Waals surface area contributed by atoms with Gasteiger partial charge in [0.2, 0.25) is 5.91 Å². The molecule has 1 aromatic carbocycles. The first-order valence-electron chi connectivity index (χ1n) is 6.92. The summed E-state index contributed by atoms with van der Waals surface area (Å²) in [7, 11) is 0. The van der Waals surface area contributed by atoms with Gasteiger partial charge in [-0.25, -0.2) is 0 Å². The number of aryl methyl sites for hydroxylation is 1. The SMILES string of the molecule is NC(c1cncc(Br)c1)c1ccc2c(c1)CCCC(=O)N2. The number of amides is 1. The molecule has 0 saturated heterocycles. The number of aromatic nitrogens is 1. The summed E-state index contributed by atoms with van der Waals surface area (Å²) in [6, 6.07) is 7.76. The lowest BCUT2D eigenvalue weighted by molar-refractivity contribution is -0.116. The fourth-order valence-electron chi connectivity index (χ4n) is 2.58. The van der Waals surface area contributed by atoms with E-state index in [1.165, 1.54) is 0 Å². The topological polar surface area (TPSA) is 68.0 Å². The van der Waals surface area contributed by atoms with Crippen LogP contribution in [0.4, 0.5) is 5.69 Å². The number of halogens is 1. The van der Waals surface area contributed by atoms with Crippen molar-refractivity contribution in [3.05, 3.63) is 57.8 Å². The normalized spacial score (nSPS) is 15.8. The zero-order valence-corrected chi connectivity index (χ0v) is 13.1. The second-order valence-electron chi connectivity index (χ2n) is 5.23. The maximum Gasteiger partial charge on any atom is 0.224 e. The van der Waals surface area contributed by atoms with E-state index in [0.717, 1.165) is 39.7 Å². The average molecular weight is 346 g/mol. The quantitative estimate of drug-likeness (QED) is 0.878. The highest BCUT2D eigenvalue weighted by atomic mass is 79.9. The molecule has 2 heterocycles. The molecule has 0 radical (unpaired) electrons. The summed E-state index contributed by atoms with van der Waals surface area (Å²) in [5, 5.41) is 2.94. The molecule has 1 aliphatic rings. The minimum atomic E-state index is -0.223. The number of nitrogens with zero attached hydrogens (tertiary/aromatic N) is 1. The first-order valence-corrected chi connectivity index (χ1v) is 7.71. The fourth-order valence-corrected chi connectivity index (χ4v) is 2.96. The number of hydrogen-bond acceptors (Lipinski definition) is 3. The lowest BCUT2D eigenvalue weighted by Gasteiger charge is -2.15. The Kier molecular flexibility index (Phi) is 4.03. The number of rotatable bonds is 2. The van der Waals surface area contributed by atoms with Crippen LogP contribution < -0.4 is 11.1 Å². The molecule has 1 unspecified atom stereocenters. The van der Waals surface area contributed by atoms with E-state index in [1.807, 2.05) is 18.2 Å². The molecule has 108 valence electrons. The van der Waals surface area contributed by atoms with Crippen molar-refractivity contribution in [1.82, 2.24) is 4.98 Å². The van der Waals surface area contributed by atoms with Gasteiger partial charge in [-0.15, -0.1) is 0 Å². The molecule has 1 aliphatic heterocycles. The lowest BCUT2D eigenvalue weighted by atomic mass is 9.97.